The monoisotopic (exact) mass is 341 g/mol. The fourth-order valence-electron chi connectivity index (χ4n) is 3.02. The summed E-state index contributed by atoms with van der Waals surface area (Å²) in [4.78, 5) is 0. The summed E-state index contributed by atoms with van der Waals surface area (Å²) in [5.41, 5.74) is 6.52. The van der Waals surface area contributed by atoms with Gasteiger partial charge in [0.15, 0.2) is 0 Å². The minimum Gasteiger partial charge on any atom is -0.490 e. The Labute approximate surface area is 127 Å². The van der Waals surface area contributed by atoms with E-state index < -0.39 is 0 Å². The highest BCUT2D eigenvalue weighted by Gasteiger charge is 2.39. The molecule has 4 nitrogen and oxygen atoms in total. The molecular formula is C15H20BrNO3. The van der Waals surface area contributed by atoms with E-state index in [-0.39, 0.29) is 11.7 Å². The van der Waals surface area contributed by atoms with Crippen molar-refractivity contribution in [3.63, 3.8) is 0 Å². The zero-order valence-electron chi connectivity index (χ0n) is 11.4. The Bertz CT molecular complexity index is 448. The lowest BCUT2D eigenvalue weighted by molar-refractivity contribution is -0.155. The first kappa shape index (κ1) is 14.2. The molecule has 0 saturated carbocycles. The van der Waals surface area contributed by atoms with Crippen molar-refractivity contribution in [3.05, 3.63) is 22.7 Å². The molecule has 1 atom stereocenters. The fraction of sp³-hybridized carbons (Fsp3) is 0.600. The van der Waals surface area contributed by atoms with Crippen LogP contribution in [0.1, 0.15) is 25.7 Å². The molecular weight excluding hydrogens is 322 g/mol. The normalized spacial score (nSPS) is 25.6. The van der Waals surface area contributed by atoms with E-state index in [9.17, 15) is 0 Å². The van der Waals surface area contributed by atoms with Gasteiger partial charge in [0.2, 0.25) is 0 Å². The number of halogens is 1. The van der Waals surface area contributed by atoms with Crippen LogP contribution in [0.4, 0.5) is 5.69 Å². The molecule has 0 bridgehead atoms. The van der Waals surface area contributed by atoms with Crippen LogP contribution in [0.2, 0.25) is 0 Å². The first-order valence-corrected chi connectivity index (χ1v) is 7.89. The summed E-state index contributed by atoms with van der Waals surface area (Å²) in [5, 5.41) is 0. The lowest BCUT2D eigenvalue weighted by Gasteiger charge is -2.43. The summed E-state index contributed by atoms with van der Waals surface area (Å²) in [6.07, 6.45) is 3.98. The van der Waals surface area contributed by atoms with Gasteiger partial charge in [-0.25, -0.2) is 0 Å². The van der Waals surface area contributed by atoms with Crippen molar-refractivity contribution >= 4 is 21.6 Å². The lowest BCUT2D eigenvalue weighted by Crippen LogP contribution is -2.47. The fourth-order valence-corrected chi connectivity index (χ4v) is 3.51. The standard InChI is InChI=1S/C15H20BrNO3/c16-11-7-12(17)9-14(8-11)20-13-1-4-19-15(10-13)2-5-18-6-3-15/h7-9,13H,1-6,10,17H2. The predicted octanol–water partition coefficient (Wildman–Crippen LogP) is 3.14. The van der Waals surface area contributed by atoms with Crippen LogP contribution in [0.3, 0.4) is 0 Å². The van der Waals surface area contributed by atoms with E-state index in [1.807, 2.05) is 18.2 Å². The molecule has 2 saturated heterocycles. The van der Waals surface area contributed by atoms with Crippen LogP contribution in [0, 0.1) is 0 Å². The maximum atomic E-state index is 6.11. The van der Waals surface area contributed by atoms with Gasteiger partial charge in [-0.15, -0.1) is 0 Å². The highest BCUT2D eigenvalue weighted by Crippen LogP contribution is 2.36. The molecule has 0 aliphatic carbocycles. The molecule has 3 rings (SSSR count). The second kappa shape index (κ2) is 5.92. The van der Waals surface area contributed by atoms with E-state index in [1.165, 1.54) is 0 Å². The average molecular weight is 342 g/mol. The summed E-state index contributed by atoms with van der Waals surface area (Å²) in [7, 11) is 0. The Balaban J connectivity index is 1.67. The molecule has 110 valence electrons. The molecule has 2 aliphatic heterocycles. The van der Waals surface area contributed by atoms with Crippen LogP contribution in [0.5, 0.6) is 5.75 Å². The molecule has 0 aromatic heterocycles. The first-order valence-electron chi connectivity index (χ1n) is 7.10. The van der Waals surface area contributed by atoms with Gasteiger partial charge in [0.1, 0.15) is 11.9 Å². The maximum Gasteiger partial charge on any atom is 0.122 e. The molecule has 0 amide bonds. The van der Waals surface area contributed by atoms with Crippen LogP contribution < -0.4 is 10.5 Å². The molecule has 0 radical (unpaired) electrons. The maximum absolute atomic E-state index is 6.11. The highest BCUT2D eigenvalue weighted by molar-refractivity contribution is 9.10. The van der Waals surface area contributed by atoms with E-state index in [2.05, 4.69) is 15.9 Å². The van der Waals surface area contributed by atoms with Gasteiger partial charge in [-0.3, -0.25) is 0 Å². The Morgan fingerprint density at radius 3 is 2.75 bits per heavy atom. The van der Waals surface area contributed by atoms with E-state index in [0.29, 0.717) is 5.69 Å². The Morgan fingerprint density at radius 2 is 2.00 bits per heavy atom. The van der Waals surface area contributed by atoms with Gasteiger partial charge in [0, 0.05) is 42.3 Å². The molecule has 2 fully saturated rings. The molecule has 5 heteroatoms. The summed E-state index contributed by atoms with van der Waals surface area (Å²) < 4.78 is 18.5. The number of hydrogen-bond donors (Lipinski definition) is 1. The summed E-state index contributed by atoms with van der Waals surface area (Å²) in [6, 6.07) is 5.70. The Kier molecular flexibility index (Phi) is 4.19. The van der Waals surface area contributed by atoms with Gasteiger partial charge in [-0.2, -0.15) is 0 Å². The van der Waals surface area contributed by atoms with Crippen LogP contribution >= 0.6 is 15.9 Å². The molecule has 1 unspecified atom stereocenters. The van der Waals surface area contributed by atoms with Crippen molar-refractivity contribution in [1.82, 2.24) is 0 Å². The lowest BCUT2D eigenvalue weighted by atomic mass is 9.85. The van der Waals surface area contributed by atoms with Gasteiger partial charge >= 0.3 is 0 Å². The third kappa shape index (κ3) is 3.27. The number of anilines is 1. The zero-order valence-corrected chi connectivity index (χ0v) is 13.0. The largest absolute Gasteiger partial charge is 0.490 e. The van der Waals surface area contributed by atoms with Crippen molar-refractivity contribution in [2.45, 2.75) is 37.4 Å². The molecule has 2 heterocycles. The van der Waals surface area contributed by atoms with Crippen LogP contribution in [-0.2, 0) is 9.47 Å². The second-order valence-electron chi connectivity index (χ2n) is 5.60. The third-order valence-electron chi connectivity index (χ3n) is 4.05. The molecule has 1 spiro atoms. The molecule has 2 aliphatic rings. The van der Waals surface area contributed by atoms with Crippen molar-refractivity contribution in [3.8, 4) is 5.75 Å². The number of hydrogen-bond acceptors (Lipinski definition) is 4. The van der Waals surface area contributed by atoms with Crippen molar-refractivity contribution in [1.29, 1.82) is 0 Å². The predicted molar refractivity (Wildman–Crippen MR) is 80.9 cm³/mol. The second-order valence-corrected chi connectivity index (χ2v) is 6.51. The van der Waals surface area contributed by atoms with Crippen molar-refractivity contribution in [2.24, 2.45) is 0 Å². The van der Waals surface area contributed by atoms with Crippen molar-refractivity contribution < 1.29 is 14.2 Å². The summed E-state index contributed by atoms with van der Waals surface area (Å²) >= 11 is 3.45. The number of nitrogen functional groups attached to an aromatic ring is 1. The van der Waals surface area contributed by atoms with Gasteiger partial charge < -0.3 is 19.9 Å². The number of rotatable bonds is 2. The molecule has 1 aromatic carbocycles. The number of ether oxygens (including phenoxy) is 3. The van der Waals surface area contributed by atoms with Gasteiger partial charge in [0.25, 0.3) is 0 Å². The van der Waals surface area contributed by atoms with E-state index >= 15 is 0 Å². The summed E-state index contributed by atoms with van der Waals surface area (Å²) in [6.45, 7) is 2.33. The van der Waals surface area contributed by atoms with E-state index in [1.54, 1.807) is 0 Å². The Hall–Kier alpha value is -0.780. The number of nitrogens with two attached hydrogens (primary N) is 1. The smallest absolute Gasteiger partial charge is 0.122 e. The molecule has 20 heavy (non-hydrogen) atoms. The third-order valence-corrected chi connectivity index (χ3v) is 4.51. The zero-order chi connectivity index (χ0) is 14.0. The van der Waals surface area contributed by atoms with E-state index in [4.69, 9.17) is 19.9 Å². The SMILES string of the molecule is Nc1cc(Br)cc(OC2CCOC3(CCOCC3)C2)c1. The van der Waals surface area contributed by atoms with Crippen LogP contribution in [0.25, 0.3) is 0 Å². The van der Waals surface area contributed by atoms with Gasteiger partial charge in [0.05, 0.1) is 12.2 Å². The minimum atomic E-state index is -0.0429. The van der Waals surface area contributed by atoms with Gasteiger partial charge in [-0.1, -0.05) is 15.9 Å². The van der Waals surface area contributed by atoms with Crippen molar-refractivity contribution in [2.75, 3.05) is 25.6 Å². The molecule has 2 N–H and O–H groups in total. The Morgan fingerprint density at radius 1 is 1.20 bits per heavy atom. The first-order chi connectivity index (χ1) is 9.65. The van der Waals surface area contributed by atoms with Gasteiger partial charge in [-0.05, 0) is 25.0 Å². The number of benzene rings is 1. The quantitative estimate of drug-likeness (QED) is 0.839. The van der Waals surface area contributed by atoms with Crippen LogP contribution in [0.15, 0.2) is 22.7 Å². The van der Waals surface area contributed by atoms with Crippen LogP contribution in [-0.4, -0.2) is 31.5 Å². The minimum absolute atomic E-state index is 0.0429. The average Bonchev–Trinajstić information content (AvgIpc) is 2.38. The van der Waals surface area contributed by atoms with E-state index in [0.717, 1.165) is 55.7 Å². The molecule has 1 aromatic rings. The summed E-state index contributed by atoms with van der Waals surface area (Å²) in [5.74, 6) is 0.825. The highest BCUT2D eigenvalue weighted by atomic mass is 79.9. The topological polar surface area (TPSA) is 53.7 Å².